The molecule has 0 saturated heterocycles. The molecule has 2 aromatic heterocycles. The number of ketones is 1. The molecule has 7 nitrogen and oxygen atoms in total. The van der Waals surface area contributed by atoms with Crippen LogP contribution in [0.3, 0.4) is 0 Å². The fourth-order valence-electron chi connectivity index (χ4n) is 4.17. The van der Waals surface area contributed by atoms with Crippen molar-refractivity contribution in [3.8, 4) is 11.5 Å². The van der Waals surface area contributed by atoms with Crippen molar-refractivity contribution in [2.45, 2.75) is 33.1 Å². The maximum atomic E-state index is 12.8. The number of likely N-dealkylation sites (N-methyl/N-ethyl adjacent to an activating group) is 1. The number of carbonyl (C=O) groups excluding carboxylic acids is 2. The molecule has 0 aliphatic carbocycles. The van der Waals surface area contributed by atoms with Crippen LogP contribution in [-0.2, 0) is 10.2 Å². The Morgan fingerprint density at radius 3 is 2.69 bits per heavy atom. The molecule has 1 aliphatic heterocycles. The predicted octanol–water partition coefficient (Wildman–Crippen LogP) is 3.95. The third-order valence-corrected chi connectivity index (χ3v) is 5.85. The van der Waals surface area contributed by atoms with E-state index in [0.717, 1.165) is 33.2 Å². The standard InChI is InChI=1S/C22H21N5O2/c1-5-27-18-10-17-16(9-14(18)22(3,4)21(27)29)23-20(24-17)19-13-8-12(11(2)28)6-7-15(13)25-26-19/h6-10H,5H2,1-4H3,(H,23,24)(H,25,26). The van der Waals surface area contributed by atoms with Crippen LogP contribution in [0.15, 0.2) is 30.3 Å². The smallest absolute Gasteiger partial charge is 0.237 e. The van der Waals surface area contributed by atoms with E-state index in [9.17, 15) is 9.59 Å². The normalized spacial score (nSPS) is 15.4. The molecule has 7 heteroatoms. The van der Waals surface area contributed by atoms with Gasteiger partial charge in [-0.05, 0) is 63.6 Å². The van der Waals surface area contributed by atoms with E-state index in [4.69, 9.17) is 4.98 Å². The van der Waals surface area contributed by atoms with E-state index in [0.29, 0.717) is 23.6 Å². The van der Waals surface area contributed by atoms with Gasteiger partial charge in [-0.1, -0.05) is 0 Å². The largest absolute Gasteiger partial charge is 0.337 e. The first kappa shape index (κ1) is 17.6. The van der Waals surface area contributed by atoms with Crippen LogP contribution in [0.2, 0.25) is 0 Å². The molecule has 29 heavy (non-hydrogen) atoms. The first-order chi connectivity index (χ1) is 13.8. The van der Waals surface area contributed by atoms with E-state index in [-0.39, 0.29) is 11.7 Å². The Hall–Kier alpha value is -3.48. The first-order valence-electron chi connectivity index (χ1n) is 9.67. The van der Waals surface area contributed by atoms with Gasteiger partial charge in [0.15, 0.2) is 11.6 Å². The molecule has 0 bridgehead atoms. The van der Waals surface area contributed by atoms with Crippen molar-refractivity contribution >= 4 is 39.3 Å². The number of aromatic amines is 2. The zero-order valence-corrected chi connectivity index (χ0v) is 16.8. The molecule has 1 amide bonds. The lowest BCUT2D eigenvalue weighted by molar-refractivity contribution is -0.122. The van der Waals surface area contributed by atoms with Crippen LogP contribution >= 0.6 is 0 Å². The number of rotatable bonds is 3. The minimum Gasteiger partial charge on any atom is -0.337 e. The van der Waals surface area contributed by atoms with E-state index in [1.807, 2.05) is 49.9 Å². The van der Waals surface area contributed by atoms with Gasteiger partial charge in [-0.15, -0.1) is 0 Å². The van der Waals surface area contributed by atoms with Crippen LogP contribution in [0.1, 0.15) is 43.6 Å². The molecule has 0 fully saturated rings. The maximum Gasteiger partial charge on any atom is 0.237 e. The second-order valence-corrected chi connectivity index (χ2v) is 8.04. The fourth-order valence-corrected chi connectivity index (χ4v) is 4.17. The SMILES string of the molecule is CCN1C(=O)C(C)(C)c2cc3nc(-c4n[nH]c5ccc(C(C)=O)cc45)[nH]c3cc21. The molecular formula is C22H21N5O2. The number of hydrogen-bond donors (Lipinski definition) is 2. The Morgan fingerprint density at radius 1 is 1.17 bits per heavy atom. The number of fused-ring (bicyclic) bond motifs is 3. The molecule has 0 saturated carbocycles. The Bertz CT molecular complexity index is 1330. The summed E-state index contributed by atoms with van der Waals surface area (Å²) in [5.74, 6) is 0.743. The fraction of sp³-hybridized carbons (Fsp3) is 0.273. The molecule has 2 aromatic carbocycles. The van der Waals surface area contributed by atoms with Gasteiger partial charge in [0.1, 0.15) is 5.69 Å². The molecular weight excluding hydrogens is 366 g/mol. The topological polar surface area (TPSA) is 94.7 Å². The van der Waals surface area contributed by atoms with Gasteiger partial charge in [-0.25, -0.2) is 4.98 Å². The van der Waals surface area contributed by atoms with Crippen LogP contribution in [0.5, 0.6) is 0 Å². The van der Waals surface area contributed by atoms with Gasteiger partial charge in [0.25, 0.3) is 0 Å². The number of imidazole rings is 1. The Kier molecular flexibility index (Phi) is 3.50. The van der Waals surface area contributed by atoms with Crippen molar-refractivity contribution in [1.82, 2.24) is 20.2 Å². The number of benzene rings is 2. The van der Waals surface area contributed by atoms with Crippen LogP contribution in [-0.4, -0.2) is 38.4 Å². The summed E-state index contributed by atoms with van der Waals surface area (Å²) in [4.78, 5) is 34.4. The summed E-state index contributed by atoms with van der Waals surface area (Å²) in [6, 6.07) is 9.47. The number of Topliss-reactive ketones (excluding diaryl/α,β-unsaturated/α-hetero) is 1. The summed E-state index contributed by atoms with van der Waals surface area (Å²) in [5, 5.41) is 8.26. The first-order valence-corrected chi connectivity index (χ1v) is 9.67. The molecule has 0 spiro atoms. The molecule has 4 aromatic rings. The van der Waals surface area contributed by atoms with Crippen molar-refractivity contribution in [2.75, 3.05) is 11.4 Å². The molecule has 2 N–H and O–H groups in total. The monoisotopic (exact) mass is 387 g/mol. The zero-order valence-electron chi connectivity index (χ0n) is 16.8. The Balaban J connectivity index is 1.69. The predicted molar refractivity (Wildman–Crippen MR) is 112 cm³/mol. The van der Waals surface area contributed by atoms with Crippen molar-refractivity contribution in [3.63, 3.8) is 0 Å². The summed E-state index contributed by atoms with van der Waals surface area (Å²) < 4.78 is 0. The highest BCUT2D eigenvalue weighted by atomic mass is 16.2. The molecule has 0 atom stereocenters. The van der Waals surface area contributed by atoms with Crippen LogP contribution in [0.25, 0.3) is 33.5 Å². The number of nitrogens with one attached hydrogen (secondary N) is 2. The second kappa shape index (κ2) is 5.76. The third-order valence-electron chi connectivity index (χ3n) is 5.85. The number of carbonyl (C=O) groups is 2. The van der Waals surface area contributed by atoms with E-state index < -0.39 is 5.41 Å². The summed E-state index contributed by atoms with van der Waals surface area (Å²) >= 11 is 0. The minimum absolute atomic E-state index is 0.00615. The van der Waals surface area contributed by atoms with Gasteiger partial charge in [0.05, 0.1) is 27.7 Å². The lowest BCUT2D eigenvalue weighted by Crippen LogP contribution is -2.35. The summed E-state index contributed by atoms with van der Waals surface area (Å²) in [5.41, 5.74) is 5.12. The van der Waals surface area contributed by atoms with E-state index in [1.54, 1.807) is 13.0 Å². The van der Waals surface area contributed by atoms with Crippen LogP contribution in [0, 0.1) is 0 Å². The number of aromatic nitrogens is 4. The molecule has 146 valence electrons. The number of hydrogen-bond acceptors (Lipinski definition) is 4. The molecule has 3 heterocycles. The van der Waals surface area contributed by atoms with Crippen molar-refractivity contribution in [2.24, 2.45) is 0 Å². The average Bonchev–Trinajstić information content (AvgIpc) is 3.34. The van der Waals surface area contributed by atoms with E-state index in [1.165, 1.54) is 0 Å². The van der Waals surface area contributed by atoms with Crippen LogP contribution in [0.4, 0.5) is 5.69 Å². The zero-order chi connectivity index (χ0) is 20.5. The van der Waals surface area contributed by atoms with Crippen LogP contribution < -0.4 is 4.90 Å². The highest BCUT2D eigenvalue weighted by Crippen LogP contribution is 2.43. The summed E-state index contributed by atoms with van der Waals surface area (Å²) in [6.07, 6.45) is 0. The summed E-state index contributed by atoms with van der Waals surface area (Å²) in [6.45, 7) is 8.06. The van der Waals surface area contributed by atoms with Gasteiger partial charge in [0.2, 0.25) is 5.91 Å². The second-order valence-electron chi connectivity index (χ2n) is 8.04. The van der Waals surface area contributed by atoms with E-state index >= 15 is 0 Å². The van der Waals surface area contributed by atoms with Crippen molar-refractivity contribution < 1.29 is 9.59 Å². The van der Waals surface area contributed by atoms with Crippen molar-refractivity contribution in [1.29, 1.82) is 0 Å². The Labute approximate surface area is 167 Å². The minimum atomic E-state index is -0.575. The van der Waals surface area contributed by atoms with Crippen molar-refractivity contribution in [3.05, 3.63) is 41.5 Å². The maximum absolute atomic E-state index is 12.8. The van der Waals surface area contributed by atoms with Gasteiger partial charge in [-0.3, -0.25) is 14.7 Å². The molecule has 0 radical (unpaired) electrons. The highest BCUT2D eigenvalue weighted by molar-refractivity contribution is 6.09. The third kappa shape index (κ3) is 2.36. The number of nitrogens with zero attached hydrogens (tertiary/aromatic N) is 3. The Morgan fingerprint density at radius 2 is 1.97 bits per heavy atom. The highest BCUT2D eigenvalue weighted by Gasteiger charge is 2.43. The number of H-pyrrole nitrogens is 2. The lowest BCUT2D eigenvalue weighted by atomic mass is 9.86. The average molecular weight is 387 g/mol. The molecule has 1 aliphatic rings. The van der Waals surface area contributed by atoms with E-state index in [2.05, 4.69) is 15.2 Å². The van der Waals surface area contributed by atoms with Gasteiger partial charge in [-0.2, -0.15) is 5.10 Å². The van der Waals surface area contributed by atoms with Gasteiger partial charge in [0, 0.05) is 17.5 Å². The molecule has 0 unspecified atom stereocenters. The molecule has 5 rings (SSSR count). The van der Waals surface area contributed by atoms with Gasteiger partial charge < -0.3 is 9.88 Å². The number of anilines is 1. The summed E-state index contributed by atoms with van der Waals surface area (Å²) in [7, 11) is 0. The lowest BCUT2D eigenvalue weighted by Gasteiger charge is -2.18. The number of amides is 1. The quantitative estimate of drug-likeness (QED) is 0.520. The van der Waals surface area contributed by atoms with Gasteiger partial charge >= 0.3 is 0 Å².